The first-order valence-electron chi connectivity index (χ1n) is 3.81. The third kappa shape index (κ3) is 1.25. The predicted octanol–water partition coefficient (Wildman–Crippen LogP) is 2.77. The zero-order chi connectivity index (χ0) is 8.39. The molecule has 0 bridgehead atoms. The van der Waals surface area contributed by atoms with Crippen LogP contribution in [0.1, 0.15) is 5.69 Å². The first kappa shape index (κ1) is 7.80. The second kappa shape index (κ2) is 3.27. The second-order valence-corrected chi connectivity index (χ2v) is 3.36. The lowest BCUT2D eigenvalue weighted by Crippen LogP contribution is -1.84. The van der Waals surface area contributed by atoms with Crippen molar-refractivity contribution in [2.75, 3.05) is 5.33 Å². The molecule has 1 heterocycles. The molecule has 0 unspecified atom stereocenters. The Morgan fingerprint density at radius 3 is 3.00 bits per heavy atom. The molecule has 0 amide bonds. The van der Waals surface area contributed by atoms with Gasteiger partial charge in [-0.05, 0) is 12.1 Å². The molecule has 1 aromatic carbocycles. The molecule has 62 valence electrons. The third-order valence-electron chi connectivity index (χ3n) is 1.78. The molecule has 1 aromatic heterocycles. The standard InChI is InChI=1S/C9H8BrNO/c10-6-5-8-7-3-1-2-4-9(7)12-11-8/h1-4H,5-6H2. The molecule has 0 radical (unpaired) electrons. The molecule has 0 aliphatic heterocycles. The fourth-order valence-corrected chi connectivity index (χ4v) is 1.58. The summed E-state index contributed by atoms with van der Waals surface area (Å²) in [4.78, 5) is 0. The Kier molecular flexibility index (Phi) is 2.13. The zero-order valence-corrected chi connectivity index (χ0v) is 8.04. The molecule has 0 saturated heterocycles. The van der Waals surface area contributed by atoms with Crippen molar-refractivity contribution in [2.45, 2.75) is 6.42 Å². The molecule has 2 aromatic rings. The highest BCUT2D eigenvalue weighted by molar-refractivity contribution is 9.09. The van der Waals surface area contributed by atoms with Crippen LogP contribution in [0.5, 0.6) is 0 Å². The van der Waals surface area contributed by atoms with Crippen LogP contribution in [0, 0.1) is 0 Å². The molecule has 3 heteroatoms. The highest BCUT2D eigenvalue weighted by Crippen LogP contribution is 2.18. The second-order valence-electron chi connectivity index (χ2n) is 2.56. The Labute approximate surface area is 78.7 Å². The number of hydrogen-bond donors (Lipinski definition) is 0. The van der Waals surface area contributed by atoms with Gasteiger partial charge in [0.2, 0.25) is 0 Å². The van der Waals surface area contributed by atoms with E-state index in [2.05, 4.69) is 21.1 Å². The normalized spacial score (nSPS) is 10.8. The number of halogens is 1. The minimum Gasteiger partial charge on any atom is -0.356 e. The number of aromatic nitrogens is 1. The summed E-state index contributed by atoms with van der Waals surface area (Å²) < 4.78 is 5.13. The summed E-state index contributed by atoms with van der Waals surface area (Å²) >= 11 is 3.37. The Morgan fingerprint density at radius 2 is 2.17 bits per heavy atom. The van der Waals surface area contributed by atoms with Gasteiger partial charge in [-0.2, -0.15) is 0 Å². The summed E-state index contributed by atoms with van der Waals surface area (Å²) in [7, 11) is 0. The Hall–Kier alpha value is -0.830. The van der Waals surface area contributed by atoms with Crippen LogP contribution in [0.25, 0.3) is 11.0 Å². The van der Waals surface area contributed by atoms with Gasteiger partial charge in [-0.15, -0.1) is 0 Å². The van der Waals surface area contributed by atoms with Gasteiger partial charge < -0.3 is 4.52 Å². The van der Waals surface area contributed by atoms with Gasteiger partial charge in [0, 0.05) is 17.1 Å². The molecule has 0 aliphatic rings. The van der Waals surface area contributed by atoms with Crippen LogP contribution >= 0.6 is 15.9 Å². The smallest absolute Gasteiger partial charge is 0.167 e. The van der Waals surface area contributed by atoms with Gasteiger partial charge in [-0.1, -0.05) is 33.2 Å². The van der Waals surface area contributed by atoms with E-state index in [-0.39, 0.29) is 0 Å². The maximum Gasteiger partial charge on any atom is 0.167 e. The van der Waals surface area contributed by atoms with Crippen molar-refractivity contribution in [1.82, 2.24) is 5.16 Å². The van der Waals surface area contributed by atoms with Gasteiger partial charge in [0.1, 0.15) is 0 Å². The summed E-state index contributed by atoms with van der Waals surface area (Å²) in [6.07, 6.45) is 0.914. The number of rotatable bonds is 2. The summed E-state index contributed by atoms with van der Waals surface area (Å²) in [6.45, 7) is 0. The van der Waals surface area contributed by atoms with Crippen LogP contribution < -0.4 is 0 Å². The predicted molar refractivity (Wildman–Crippen MR) is 51.5 cm³/mol. The lowest BCUT2D eigenvalue weighted by molar-refractivity contribution is 0.447. The molecule has 0 fully saturated rings. The summed E-state index contributed by atoms with van der Waals surface area (Å²) in [5.41, 5.74) is 1.90. The van der Waals surface area contributed by atoms with E-state index in [0.717, 1.165) is 28.4 Å². The summed E-state index contributed by atoms with van der Waals surface area (Å²) in [5, 5.41) is 6.02. The molecule has 0 aliphatic carbocycles. The van der Waals surface area contributed by atoms with E-state index in [1.165, 1.54) is 0 Å². The Morgan fingerprint density at radius 1 is 1.33 bits per heavy atom. The van der Waals surface area contributed by atoms with E-state index < -0.39 is 0 Å². The molecule has 2 nitrogen and oxygen atoms in total. The topological polar surface area (TPSA) is 26.0 Å². The van der Waals surface area contributed by atoms with Crippen LogP contribution in [-0.4, -0.2) is 10.5 Å². The first-order valence-corrected chi connectivity index (χ1v) is 4.93. The maximum atomic E-state index is 5.13. The lowest BCUT2D eigenvalue weighted by atomic mass is 10.2. The Balaban J connectivity index is 2.55. The SMILES string of the molecule is BrCCc1noc2ccccc12. The van der Waals surface area contributed by atoms with Crippen molar-refractivity contribution >= 4 is 26.9 Å². The van der Waals surface area contributed by atoms with E-state index in [1.54, 1.807) is 0 Å². The molecule has 0 N–H and O–H groups in total. The monoisotopic (exact) mass is 225 g/mol. The number of alkyl halides is 1. The number of hydrogen-bond acceptors (Lipinski definition) is 2. The zero-order valence-electron chi connectivity index (χ0n) is 6.46. The van der Waals surface area contributed by atoms with Gasteiger partial charge >= 0.3 is 0 Å². The van der Waals surface area contributed by atoms with E-state index >= 15 is 0 Å². The van der Waals surface area contributed by atoms with Crippen molar-refractivity contribution in [3.63, 3.8) is 0 Å². The average molecular weight is 226 g/mol. The largest absolute Gasteiger partial charge is 0.356 e. The highest BCUT2D eigenvalue weighted by Gasteiger charge is 2.04. The summed E-state index contributed by atoms with van der Waals surface area (Å²) in [6, 6.07) is 7.91. The third-order valence-corrected chi connectivity index (χ3v) is 2.18. The Bertz CT molecular complexity index is 383. The molecule has 2 rings (SSSR count). The molecule has 0 spiro atoms. The maximum absolute atomic E-state index is 5.13. The van der Waals surface area contributed by atoms with Crippen molar-refractivity contribution in [3.8, 4) is 0 Å². The van der Waals surface area contributed by atoms with Crippen molar-refractivity contribution in [3.05, 3.63) is 30.0 Å². The number of benzene rings is 1. The number of para-hydroxylation sites is 1. The van der Waals surface area contributed by atoms with Gasteiger partial charge in [0.25, 0.3) is 0 Å². The first-order chi connectivity index (χ1) is 5.92. The fraction of sp³-hybridized carbons (Fsp3) is 0.222. The van der Waals surface area contributed by atoms with Crippen LogP contribution in [0.3, 0.4) is 0 Å². The molecule has 0 atom stereocenters. The van der Waals surface area contributed by atoms with E-state index in [9.17, 15) is 0 Å². The quantitative estimate of drug-likeness (QED) is 0.736. The van der Waals surface area contributed by atoms with E-state index in [0.29, 0.717) is 0 Å². The van der Waals surface area contributed by atoms with Crippen molar-refractivity contribution < 1.29 is 4.52 Å². The van der Waals surface area contributed by atoms with Crippen molar-refractivity contribution in [1.29, 1.82) is 0 Å². The van der Waals surface area contributed by atoms with Crippen LogP contribution in [-0.2, 0) is 6.42 Å². The van der Waals surface area contributed by atoms with Gasteiger partial charge in [0.15, 0.2) is 5.58 Å². The molecular formula is C9H8BrNO. The van der Waals surface area contributed by atoms with Gasteiger partial charge in [-0.25, -0.2) is 0 Å². The van der Waals surface area contributed by atoms with Gasteiger partial charge in [0.05, 0.1) is 5.69 Å². The average Bonchev–Trinajstić information content (AvgIpc) is 2.50. The summed E-state index contributed by atoms with van der Waals surface area (Å²) in [5.74, 6) is 0. The highest BCUT2D eigenvalue weighted by atomic mass is 79.9. The van der Waals surface area contributed by atoms with E-state index in [4.69, 9.17) is 4.52 Å². The molecule has 12 heavy (non-hydrogen) atoms. The van der Waals surface area contributed by atoms with E-state index in [1.807, 2.05) is 24.3 Å². The molecule has 0 saturated carbocycles. The minimum atomic E-state index is 0.869. The van der Waals surface area contributed by atoms with Gasteiger partial charge in [-0.3, -0.25) is 0 Å². The fourth-order valence-electron chi connectivity index (χ4n) is 1.21. The van der Waals surface area contributed by atoms with Crippen LogP contribution in [0.2, 0.25) is 0 Å². The van der Waals surface area contributed by atoms with Crippen LogP contribution in [0.4, 0.5) is 0 Å². The number of aryl methyl sites for hydroxylation is 1. The molecular weight excluding hydrogens is 218 g/mol. The minimum absolute atomic E-state index is 0.869. The number of nitrogens with zero attached hydrogens (tertiary/aromatic N) is 1. The van der Waals surface area contributed by atoms with Crippen molar-refractivity contribution in [2.24, 2.45) is 0 Å². The van der Waals surface area contributed by atoms with Crippen LogP contribution in [0.15, 0.2) is 28.8 Å². The lowest BCUT2D eigenvalue weighted by Gasteiger charge is -1.88. The number of fused-ring (bicyclic) bond motifs is 1.